The van der Waals surface area contributed by atoms with Crippen molar-refractivity contribution in [1.82, 2.24) is 10.3 Å². The number of anilines is 1. The largest absolute Gasteiger partial charge is 0.369 e. The number of rotatable bonds is 4. The van der Waals surface area contributed by atoms with Gasteiger partial charge in [0.15, 0.2) is 0 Å². The minimum absolute atomic E-state index is 0.108. The molecule has 0 spiro atoms. The maximum absolute atomic E-state index is 11.8. The Labute approximate surface area is 127 Å². The number of hydrazine groups is 1. The molecule has 2 rings (SSSR count). The number of carbonyl (C=O) groups is 1. The number of aryl methyl sites for hydroxylation is 1. The van der Waals surface area contributed by atoms with Gasteiger partial charge in [-0.3, -0.25) is 15.1 Å². The van der Waals surface area contributed by atoms with Crippen LogP contribution in [0.2, 0.25) is 0 Å². The molecule has 1 aromatic carbocycles. The van der Waals surface area contributed by atoms with E-state index in [1.54, 1.807) is 0 Å². The Morgan fingerprint density at radius 3 is 2.52 bits per heavy atom. The van der Waals surface area contributed by atoms with Gasteiger partial charge in [-0.1, -0.05) is 12.1 Å². The molecule has 116 valence electrons. The zero-order valence-corrected chi connectivity index (χ0v) is 13.2. The van der Waals surface area contributed by atoms with Crippen LogP contribution >= 0.6 is 0 Å². The molecule has 1 heterocycles. The molecule has 1 amide bonds. The van der Waals surface area contributed by atoms with E-state index in [1.807, 2.05) is 13.8 Å². The van der Waals surface area contributed by atoms with E-state index in [0.29, 0.717) is 0 Å². The first-order valence-electron chi connectivity index (χ1n) is 7.47. The molecule has 0 radical (unpaired) electrons. The summed E-state index contributed by atoms with van der Waals surface area (Å²) in [5, 5.41) is 0. The number of hydrogen-bond donors (Lipinski definition) is 2. The number of carbonyl (C=O) groups excluding carboxylic acids is 1. The van der Waals surface area contributed by atoms with E-state index in [2.05, 4.69) is 46.4 Å². The van der Waals surface area contributed by atoms with Gasteiger partial charge in [0.1, 0.15) is 0 Å². The van der Waals surface area contributed by atoms with Crippen LogP contribution in [-0.4, -0.2) is 43.5 Å². The Kier molecular flexibility index (Phi) is 4.85. The van der Waals surface area contributed by atoms with Gasteiger partial charge >= 0.3 is 0 Å². The molecule has 21 heavy (non-hydrogen) atoms. The quantitative estimate of drug-likeness (QED) is 0.496. The van der Waals surface area contributed by atoms with Crippen molar-refractivity contribution >= 4 is 11.6 Å². The van der Waals surface area contributed by atoms with E-state index in [4.69, 9.17) is 5.84 Å². The number of nitrogens with one attached hydrogen (secondary N) is 1. The summed E-state index contributed by atoms with van der Waals surface area (Å²) in [6.45, 7) is 10.6. The van der Waals surface area contributed by atoms with Crippen LogP contribution in [0.3, 0.4) is 0 Å². The molecular formula is C16H26N4O. The van der Waals surface area contributed by atoms with Gasteiger partial charge in [0, 0.05) is 38.4 Å². The Balaban J connectivity index is 1.90. The lowest BCUT2D eigenvalue weighted by Gasteiger charge is -2.39. The van der Waals surface area contributed by atoms with Crippen LogP contribution in [0.1, 0.15) is 19.4 Å². The predicted octanol–water partition coefficient (Wildman–Crippen LogP) is 1.13. The summed E-state index contributed by atoms with van der Waals surface area (Å²) in [5.74, 6) is 5.14. The SMILES string of the molecule is Cc1cccc(N2CCN(CC(C)(C)C(=O)NN)CC2)c1. The predicted molar refractivity (Wildman–Crippen MR) is 85.9 cm³/mol. The minimum atomic E-state index is -0.458. The summed E-state index contributed by atoms with van der Waals surface area (Å²) < 4.78 is 0. The Morgan fingerprint density at radius 1 is 1.29 bits per heavy atom. The summed E-state index contributed by atoms with van der Waals surface area (Å²) in [5.41, 5.74) is 4.37. The molecule has 0 unspecified atom stereocenters. The third-order valence-electron chi connectivity index (χ3n) is 4.10. The van der Waals surface area contributed by atoms with Crippen molar-refractivity contribution in [2.24, 2.45) is 11.3 Å². The molecule has 5 nitrogen and oxygen atoms in total. The Bertz CT molecular complexity index is 493. The van der Waals surface area contributed by atoms with Gasteiger partial charge in [-0.05, 0) is 38.5 Å². The minimum Gasteiger partial charge on any atom is -0.369 e. The van der Waals surface area contributed by atoms with Gasteiger partial charge in [0.05, 0.1) is 5.41 Å². The fraction of sp³-hybridized carbons (Fsp3) is 0.562. The summed E-state index contributed by atoms with van der Waals surface area (Å²) in [6.07, 6.45) is 0. The van der Waals surface area contributed by atoms with Crippen molar-refractivity contribution in [1.29, 1.82) is 0 Å². The van der Waals surface area contributed by atoms with Crippen LogP contribution < -0.4 is 16.2 Å². The van der Waals surface area contributed by atoms with Gasteiger partial charge < -0.3 is 4.90 Å². The van der Waals surface area contributed by atoms with Crippen molar-refractivity contribution in [3.05, 3.63) is 29.8 Å². The average molecular weight is 290 g/mol. The molecule has 1 aromatic rings. The average Bonchev–Trinajstić information content (AvgIpc) is 2.46. The van der Waals surface area contributed by atoms with E-state index >= 15 is 0 Å². The van der Waals surface area contributed by atoms with E-state index in [9.17, 15) is 4.79 Å². The fourth-order valence-electron chi connectivity index (χ4n) is 2.82. The number of nitrogens with two attached hydrogens (primary N) is 1. The van der Waals surface area contributed by atoms with Gasteiger partial charge in [-0.2, -0.15) is 0 Å². The smallest absolute Gasteiger partial charge is 0.240 e. The normalized spacial score (nSPS) is 16.9. The van der Waals surface area contributed by atoms with E-state index < -0.39 is 5.41 Å². The molecule has 3 N–H and O–H groups in total. The van der Waals surface area contributed by atoms with Crippen LogP contribution in [0.4, 0.5) is 5.69 Å². The van der Waals surface area contributed by atoms with Crippen LogP contribution in [-0.2, 0) is 4.79 Å². The summed E-state index contributed by atoms with van der Waals surface area (Å²) in [7, 11) is 0. The maximum atomic E-state index is 11.8. The van der Waals surface area contributed by atoms with E-state index in [1.165, 1.54) is 11.3 Å². The molecule has 1 fully saturated rings. The summed E-state index contributed by atoms with van der Waals surface area (Å²) in [6, 6.07) is 8.61. The number of amides is 1. The zero-order valence-electron chi connectivity index (χ0n) is 13.2. The Hall–Kier alpha value is -1.59. The molecular weight excluding hydrogens is 264 g/mol. The summed E-state index contributed by atoms with van der Waals surface area (Å²) in [4.78, 5) is 16.5. The Morgan fingerprint density at radius 2 is 1.95 bits per heavy atom. The topological polar surface area (TPSA) is 61.6 Å². The zero-order chi connectivity index (χ0) is 15.5. The second-order valence-corrected chi connectivity index (χ2v) is 6.46. The first-order valence-corrected chi connectivity index (χ1v) is 7.47. The standard InChI is InChI=1S/C16H26N4O/c1-13-5-4-6-14(11-13)20-9-7-19(8-10-20)12-16(2,3)15(21)18-17/h4-6,11H,7-10,12,17H2,1-3H3,(H,18,21). The highest BCUT2D eigenvalue weighted by atomic mass is 16.2. The first kappa shape index (κ1) is 15.8. The first-order chi connectivity index (χ1) is 9.92. The van der Waals surface area contributed by atoms with Crippen LogP contribution in [0, 0.1) is 12.3 Å². The van der Waals surface area contributed by atoms with Crippen LogP contribution in [0.5, 0.6) is 0 Å². The third-order valence-corrected chi connectivity index (χ3v) is 4.10. The van der Waals surface area contributed by atoms with Crippen LogP contribution in [0.25, 0.3) is 0 Å². The number of benzene rings is 1. The van der Waals surface area contributed by atoms with Gasteiger partial charge in [0.2, 0.25) is 5.91 Å². The van der Waals surface area contributed by atoms with Gasteiger partial charge in [0.25, 0.3) is 0 Å². The number of hydrogen-bond acceptors (Lipinski definition) is 4. The van der Waals surface area contributed by atoms with E-state index in [0.717, 1.165) is 32.7 Å². The van der Waals surface area contributed by atoms with Crippen molar-refractivity contribution in [2.45, 2.75) is 20.8 Å². The number of nitrogens with zero attached hydrogens (tertiary/aromatic N) is 2. The maximum Gasteiger partial charge on any atom is 0.240 e. The van der Waals surface area contributed by atoms with Gasteiger partial charge in [-0.15, -0.1) is 0 Å². The van der Waals surface area contributed by atoms with Crippen molar-refractivity contribution in [3.8, 4) is 0 Å². The highest BCUT2D eigenvalue weighted by Gasteiger charge is 2.30. The third kappa shape index (κ3) is 3.95. The second kappa shape index (κ2) is 6.45. The molecule has 0 aliphatic carbocycles. The second-order valence-electron chi connectivity index (χ2n) is 6.46. The summed E-state index contributed by atoms with van der Waals surface area (Å²) >= 11 is 0. The molecule has 5 heteroatoms. The molecule has 0 atom stereocenters. The molecule has 0 bridgehead atoms. The monoisotopic (exact) mass is 290 g/mol. The lowest BCUT2D eigenvalue weighted by atomic mass is 9.91. The van der Waals surface area contributed by atoms with Crippen molar-refractivity contribution in [3.63, 3.8) is 0 Å². The highest BCUT2D eigenvalue weighted by Crippen LogP contribution is 2.21. The van der Waals surface area contributed by atoms with Crippen molar-refractivity contribution < 1.29 is 4.79 Å². The fourth-order valence-corrected chi connectivity index (χ4v) is 2.82. The highest BCUT2D eigenvalue weighted by molar-refractivity contribution is 5.81. The van der Waals surface area contributed by atoms with Crippen molar-refractivity contribution in [2.75, 3.05) is 37.6 Å². The number of piperazine rings is 1. The van der Waals surface area contributed by atoms with Crippen LogP contribution in [0.15, 0.2) is 24.3 Å². The molecule has 1 saturated heterocycles. The lowest BCUT2D eigenvalue weighted by Crippen LogP contribution is -2.52. The molecule has 1 aliphatic rings. The van der Waals surface area contributed by atoms with Gasteiger partial charge in [-0.25, -0.2) is 5.84 Å². The molecule has 1 aliphatic heterocycles. The lowest BCUT2D eigenvalue weighted by molar-refractivity contribution is -0.130. The molecule has 0 saturated carbocycles. The molecule has 0 aromatic heterocycles. The van der Waals surface area contributed by atoms with E-state index in [-0.39, 0.29) is 5.91 Å².